The summed E-state index contributed by atoms with van der Waals surface area (Å²) in [7, 11) is 0. The Labute approximate surface area is 242 Å². The van der Waals surface area contributed by atoms with E-state index in [4.69, 9.17) is 4.74 Å². The molecule has 6 heterocycles. The van der Waals surface area contributed by atoms with Gasteiger partial charge in [-0.1, -0.05) is 6.58 Å². The fraction of sp³-hybridized carbons (Fsp3) is 0.345. The summed E-state index contributed by atoms with van der Waals surface area (Å²) in [4.78, 5) is 45.5. The Balaban J connectivity index is 1.10. The molecule has 13 nitrogen and oxygen atoms in total. The minimum Gasteiger partial charge on any atom is -0.378 e. The fourth-order valence-electron chi connectivity index (χ4n) is 5.35. The number of pyridine rings is 1. The van der Waals surface area contributed by atoms with Gasteiger partial charge in [-0.25, -0.2) is 9.97 Å². The van der Waals surface area contributed by atoms with Crippen LogP contribution in [0.5, 0.6) is 0 Å². The van der Waals surface area contributed by atoms with E-state index >= 15 is 0 Å². The number of aromatic amines is 1. The van der Waals surface area contributed by atoms with Crippen LogP contribution in [-0.2, 0) is 16.1 Å². The number of amides is 2. The van der Waals surface area contributed by atoms with E-state index in [0.29, 0.717) is 36.9 Å². The molecule has 2 aliphatic heterocycles. The van der Waals surface area contributed by atoms with Gasteiger partial charge in [-0.15, -0.1) is 10.2 Å². The fourth-order valence-corrected chi connectivity index (χ4v) is 5.35. The smallest absolute Gasteiger partial charge is 0.275 e. The van der Waals surface area contributed by atoms with E-state index in [1.54, 1.807) is 30.7 Å². The van der Waals surface area contributed by atoms with Gasteiger partial charge in [-0.3, -0.25) is 19.5 Å². The Morgan fingerprint density at radius 3 is 2.79 bits per heavy atom. The van der Waals surface area contributed by atoms with Crippen molar-refractivity contribution in [2.75, 3.05) is 49.6 Å². The predicted octanol–water partition coefficient (Wildman–Crippen LogP) is 2.17. The lowest BCUT2D eigenvalue weighted by molar-refractivity contribution is -0.117. The minimum atomic E-state index is -0.371. The van der Waals surface area contributed by atoms with Crippen LogP contribution in [0.25, 0.3) is 22.4 Å². The van der Waals surface area contributed by atoms with Crippen molar-refractivity contribution in [3.8, 4) is 11.4 Å². The number of morpholine rings is 1. The summed E-state index contributed by atoms with van der Waals surface area (Å²) in [6.07, 6.45) is 6.39. The summed E-state index contributed by atoms with van der Waals surface area (Å²) >= 11 is 0. The first kappa shape index (κ1) is 27.4. The van der Waals surface area contributed by atoms with Crippen molar-refractivity contribution in [3.63, 3.8) is 0 Å². The number of rotatable bonds is 8. The predicted molar refractivity (Wildman–Crippen MR) is 157 cm³/mol. The van der Waals surface area contributed by atoms with Crippen LogP contribution in [-0.4, -0.2) is 92.3 Å². The second-order valence-electron chi connectivity index (χ2n) is 10.3. The molecular weight excluding hydrogens is 536 g/mol. The summed E-state index contributed by atoms with van der Waals surface area (Å²) in [6.45, 7) is 8.71. The zero-order chi connectivity index (χ0) is 28.9. The van der Waals surface area contributed by atoms with Crippen LogP contribution in [0.3, 0.4) is 0 Å². The molecule has 2 aliphatic rings. The molecule has 2 fully saturated rings. The Kier molecular flexibility index (Phi) is 8.10. The highest BCUT2D eigenvalue weighted by Crippen LogP contribution is 2.28. The van der Waals surface area contributed by atoms with E-state index in [-0.39, 0.29) is 23.6 Å². The lowest BCUT2D eigenvalue weighted by atomic mass is 10.0. The summed E-state index contributed by atoms with van der Waals surface area (Å²) in [5.41, 5.74) is 3.34. The number of anilines is 2. The lowest BCUT2D eigenvalue weighted by Gasteiger charge is -2.33. The largest absolute Gasteiger partial charge is 0.378 e. The van der Waals surface area contributed by atoms with E-state index < -0.39 is 0 Å². The van der Waals surface area contributed by atoms with Crippen molar-refractivity contribution >= 4 is 34.5 Å². The first-order valence-corrected chi connectivity index (χ1v) is 14.0. The van der Waals surface area contributed by atoms with Gasteiger partial charge < -0.3 is 25.3 Å². The summed E-state index contributed by atoms with van der Waals surface area (Å²) < 4.78 is 5.47. The number of ether oxygens (including phenoxy) is 1. The maximum atomic E-state index is 13.0. The van der Waals surface area contributed by atoms with Crippen molar-refractivity contribution in [2.24, 2.45) is 0 Å². The number of carbonyl (C=O) groups excluding carboxylic acids is 2. The molecule has 3 N–H and O–H groups in total. The van der Waals surface area contributed by atoms with E-state index in [1.807, 2.05) is 12.1 Å². The van der Waals surface area contributed by atoms with Gasteiger partial charge in [-0.05, 0) is 61.4 Å². The van der Waals surface area contributed by atoms with Gasteiger partial charge >= 0.3 is 0 Å². The van der Waals surface area contributed by atoms with Gasteiger partial charge in [0.1, 0.15) is 29.2 Å². The van der Waals surface area contributed by atoms with E-state index in [0.717, 1.165) is 61.5 Å². The molecule has 0 radical (unpaired) electrons. The molecular formula is C29H32N10O3. The van der Waals surface area contributed by atoms with E-state index in [1.165, 1.54) is 6.08 Å². The lowest BCUT2D eigenvalue weighted by Crippen LogP contribution is -2.46. The number of carbonyl (C=O) groups is 2. The second-order valence-corrected chi connectivity index (χ2v) is 10.3. The third-order valence-electron chi connectivity index (χ3n) is 7.40. The molecule has 0 unspecified atom stereocenters. The van der Waals surface area contributed by atoms with Crippen molar-refractivity contribution in [3.05, 3.63) is 66.8 Å². The number of nitrogens with zero attached hydrogens (tertiary/aromatic N) is 7. The highest BCUT2D eigenvalue weighted by Gasteiger charge is 2.22. The standard InChI is InChI=1S/C29H32N10O3/c1-2-26(40)33-20-4-3-9-38(17-20)16-19-7-8-30-24(14-19)29(41)35-25-6-5-22(36-37-25)23-15-21-27(34-23)31-18-32-28(21)39-10-12-42-13-11-39/h2,5-8,14-15,18,20H,1,3-4,9-13,16-17H2,(H,33,40)(H,31,32,34)(H,35,37,41)/t20-/m1/s1. The van der Waals surface area contributed by atoms with Crippen LogP contribution in [0, 0.1) is 0 Å². The van der Waals surface area contributed by atoms with E-state index in [2.05, 4.69) is 57.1 Å². The quantitative estimate of drug-likeness (QED) is 0.269. The Bertz CT molecular complexity index is 1580. The van der Waals surface area contributed by atoms with Crippen molar-refractivity contribution in [1.82, 2.24) is 40.3 Å². The van der Waals surface area contributed by atoms with Crippen molar-refractivity contribution in [1.29, 1.82) is 0 Å². The van der Waals surface area contributed by atoms with Crippen LogP contribution in [0.1, 0.15) is 28.9 Å². The van der Waals surface area contributed by atoms with Crippen LogP contribution in [0.15, 0.2) is 55.5 Å². The highest BCUT2D eigenvalue weighted by molar-refractivity contribution is 6.02. The van der Waals surface area contributed by atoms with Crippen LogP contribution >= 0.6 is 0 Å². The Morgan fingerprint density at radius 2 is 1.98 bits per heavy atom. The number of hydrogen-bond acceptors (Lipinski definition) is 10. The number of nitrogens with one attached hydrogen (secondary N) is 3. The molecule has 2 amide bonds. The van der Waals surface area contributed by atoms with Crippen LogP contribution < -0.4 is 15.5 Å². The first-order valence-electron chi connectivity index (χ1n) is 14.0. The van der Waals surface area contributed by atoms with Crippen LogP contribution in [0.2, 0.25) is 0 Å². The number of likely N-dealkylation sites (tertiary alicyclic amines) is 1. The normalized spacial score (nSPS) is 17.6. The molecule has 0 spiro atoms. The Hall–Kier alpha value is -4.75. The number of fused-ring (bicyclic) bond motifs is 1. The van der Waals surface area contributed by atoms with Crippen molar-refractivity contribution < 1.29 is 14.3 Å². The first-order chi connectivity index (χ1) is 20.6. The molecule has 4 aromatic heterocycles. The van der Waals surface area contributed by atoms with Gasteiger partial charge in [0.05, 0.1) is 24.3 Å². The zero-order valence-electron chi connectivity index (χ0n) is 23.1. The number of H-pyrrole nitrogens is 1. The van der Waals surface area contributed by atoms with Crippen LogP contribution in [0.4, 0.5) is 11.6 Å². The molecule has 0 aliphatic carbocycles. The van der Waals surface area contributed by atoms with Gasteiger partial charge in [0.15, 0.2) is 5.82 Å². The van der Waals surface area contributed by atoms with Crippen molar-refractivity contribution in [2.45, 2.75) is 25.4 Å². The molecule has 0 aromatic carbocycles. The van der Waals surface area contributed by atoms with Gasteiger partial charge in [-0.2, -0.15) is 0 Å². The summed E-state index contributed by atoms with van der Waals surface area (Å²) in [5, 5.41) is 15.2. The maximum absolute atomic E-state index is 13.0. The molecule has 0 bridgehead atoms. The molecule has 42 heavy (non-hydrogen) atoms. The number of aromatic nitrogens is 6. The SMILES string of the molecule is C=CC(=O)N[C@@H]1CCCN(Cc2ccnc(C(=O)Nc3ccc(-c4cc5c(N6CCOCC6)ncnc5[nH]4)nn3)c2)C1. The summed E-state index contributed by atoms with van der Waals surface area (Å²) in [6, 6.07) is 9.22. The highest BCUT2D eigenvalue weighted by atomic mass is 16.5. The van der Waals surface area contributed by atoms with Gasteiger partial charge in [0.25, 0.3) is 5.91 Å². The topological polar surface area (TPSA) is 154 Å². The molecule has 13 heteroatoms. The number of hydrogen-bond donors (Lipinski definition) is 3. The molecule has 216 valence electrons. The average Bonchev–Trinajstić information content (AvgIpc) is 3.47. The average molecular weight is 569 g/mol. The Morgan fingerprint density at radius 1 is 1.10 bits per heavy atom. The molecule has 6 rings (SSSR count). The van der Waals surface area contributed by atoms with Gasteiger partial charge in [0.2, 0.25) is 5.91 Å². The van der Waals surface area contributed by atoms with E-state index in [9.17, 15) is 9.59 Å². The molecule has 1 atom stereocenters. The van der Waals surface area contributed by atoms with Gasteiger partial charge in [0, 0.05) is 38.4 Å². The minimum absolute atomic E-state index is 0.0829. The molecule has 4 aromatic rings. The molecule has 2 saturated heterocycles. The monoisotopic (exact) mass is 568 g/mol. The number of piperidine rings is 1. The molecule has 0 saturated carbocycles. The third-order valence-corrected chi connectivity index (χ3v) is 7.40. The zero-order valence-corrected chi connectivity index (χ0v) is 23.1. The second kappa shape index (κ2) is 12.4. The maximum Gasteiger partial charge on any atom is 0.275 e. The summed E-state index contributed by atoms with van der Waals surface area (Å²) in [5.74, 6) is 0.647. The third kappa shape index (κ3) is 6.26.